The van der Waals surface area contributed by atoms with E-state index in [1.807, 2.05) is 25.1 Å². The molecule has 0 radical (unpaired) electrons. The van der Waals surface area contributed by atoms with Crippen molar-refractivity contribution in [3.05, 3.63) is 70.6 Å². The number of ether oxygens (including phenoxy) is 1. The zero-order valence-corrected chi connectivity index (χ0v) is 19.2. The molecule has 1 heterocycles. The first kappa shape index (κ1) is 23.1. The van der Waals surface area contributed by atoms with Gasteiger partial charge < -0.3 is 10.1 Å². The van der Waals surface area contributed by atoms with Gasteiger partial charge in [0, 0.05) is 13.1 Å². The fraction of sp³-hybridized carbons (Fsp3) is 0.273. The minimum Gasteiger partial charge on any atom is -0.494 e. The number of nitrogens with zero attached hydrogens (tertiary/aromatic N) is 3. The van der Waals surface area contributed by atoms with E-state index < -0.39 is 28.0 Å². The van der Waals surface area contributed by atoms with Gasteiger partial charge in [-0.1, -0.05) is 24.3 Å². The smallest absolute Gasteiger partial charge is 0.295 e. The van der Waals surface area contributed by atoms with Gasteiger partial charge >= 0.3 is 0 Å². The molecule has 1 N–H and O–H groups in total. The van der Waals surface area contributed by atoms with Crippen LogP contribution < -0.4 is 19.9 Å². The predicted octanol–water partition coefficient (Wildman–Crippen LogP) is 2.29. The van der Waals surface area contributed by atoms with E-state index >= 15 is 0 Å². The van der Waals surface area contributed by atoms with E-state index in [9.17, 15) is 18.0 Å². The van der Waals surface area contributed by atoms with Crippen LogP contribution in [0.3, 0.4) is 0 Å². The van der Waals surface area contributed by atoms with Crippen molar-refractivity contribution < 1.29 is 17.9 Å². The predicted molar refractivity (Wildman–Crippen MR) is 124 cm³/mol. The van der Waals surface area contributed by atoms with E-state index in [-0.39, 0.29) is 5.69 Å². The Kier molecular flexibility index (Phi) is 6.73. The highest BCUT2D eigenvalue weighted by Crippen LogP contribution is 2.23. The molecule has 0 fully saturated rings. The maximum absolute atomic E-state index is 13.0. The van der Waals surface area contributed by atoms with Crippen LogP contribution in [0.4, 0.5) is 11.4 Å². The molecule has 0 bridgehead atoms. The normalized spacial score (nSPS) is 11.2. The molecular formula is C22H26N4O5S. The van der Waals surface area contributed by atoms with Crippen molar-refractivity contribution in [2.75, 3.05) is 29.0 Å². The van der Waals surface area contributed by atoms with Crippen molar-refractivity contribution >= 4 is 27.3 Å². The first-order valence-electron chi connectivity index (χ1n) is 9.98. The Hall–Kier alpha value is -3.53. The third kappa shape index (κ3) is 4.86. The van der Waals surface area contributed by atoms with Crippen LogP contribution in [0, 0.1) is 6.92 Å². The Morgan fingerprint density at radius 3 is 2.44 bits per heavy atom. The van der Waals surface area contributed by atoms with Crippen molar-refractivity contribution in [1.82, 2.24) is 9.36 Å². The van der Waals surface area contributed by atoms with Crippen molar-refractivity contribution in [1.29, 1.82) is 0 Å². The lowest BCUT2D eigenvalue weighted by atomic mass is 10.3. The number of hydrogen-bond acceptors (Lipinski definition) is 5. The molecule has 0 unspecified atom stereocenters. The summed E-state index contributed by atoms with van der Waals surface area (Å²) < 4.78 is 34.3. The topological polar surface area (TPSA) is 103 Å². The number of para-hydroxylation sites is 1. The molecule has 0 atom stereocenters. The van der Waals surface area contributed by atoms with Crippen LogP contribution in [-0.4, -0.2) is 43.1 Å². The minimum atomic E-state index is -3.77. The summed E-state index contributed by atoms with van der Waals surface area (Å²) in [4.78, 5) is 25.8. The first-order valence-corrected chi connectivity index (χ1v) is 11.8. The molecule has 32 heavy (non-hydrogen) atoms. The summed E-state index contributed by atoms with van der Waals surface area (Å²) in [5, 5.41) is 2.59. The molecular weight excluding hydrogens is 432 g/mol. The fourth-order valence-corrected chi connectivity index (χ4v) is 4.17. The molecule has 3 rings (SSSR count). The van der Waals surface area contributed by atoms with Gasteiger partial charge in [0.2, 0.25) is 15.9 Å². The van der Waals surface area contributed by atoms with E-state index in [2.05, 4.69) is 5.32 Å². The molecule has 1 aromatic heterocycles. The number of hydrogen-bond donors (Lipinski definition) is 1. The molecule has 0 saturated carbocycles. The number of carbonyl (C=O) groups is 1. The van der Waals surface area contributed by atoms with Crippen molar-refractivity contribution in [3.8, 4) is 11.4 Å². The lowest BCUT2D eigenvalue weighted by Gasteiger charge is -2.22. The molecule has 0 aliphatic heterocycles. The minimum absolute atomic E-state index is 0.0953. The quantitative estimate of drug-likeness (QED) is 0.558. The van der Waals surface area contributed by atoms with Gasteiger partial charge in [0.15, 0.2) is 0 Å². The van der Waals surface area contributed by atoms with Gasteiger partial charge in [-0.25, -0.2) is 13.1 Å². The lowest BCUT2D eigenvalue weighted by Crippen LogP contribution is -2.38. The molecule has 10 heteroatoms. The van der Waals surface area contributed by atoms with Crippen LogP contribution in [0.2, 0.25) is 0 Å². The van der Waals surface area contributed by atoms with Gasteiger partial charge in [-0.3, -0.25) is 18.6 Å². The first-order chi connectivity index (χ1) is 15.1. The monoisotopic (exact) mass is 458 g/mol. The molecule has 0 aliphatic carbocycles. The van der Waals surface area contributed by atoms with E-state index in [1.165, 1.54) is 4.68 Å². The highest BCUT2D eigenvalue weighted by molar-refractivity contribution is 7.92. The van der Waals surface area contributed by atoms with Crippen LogP contribution in [0.25, 0.3) is 5.69 Å². The van der Waals surface area contributed by atoms with E-state index in [0.29, 0.717) is 29.4 Å². The van der Waals surface area contributed by atoms with Crippen molar-refractivity contribution in [3.63, 3.8) is 0 Å². The number of carbonyl (C=O) groups excluding carboxylic acids is 1. The summed E-state index contributed by atoms with van der Waals surface area (Å²) in [5.41, 5.74) is 1.16. The van der Waals surface area contributed by atoms with Crippen molar-refractivity contribution in [2.45, 2.75) is 13.8 Å². The van der Waals surface area contributed by atoms with Gasteiger partial charge in [-0.15, -0.1) is 0 Å². The number of benzene rings is 2. The molecule has 9 nitrogen and oxygen atoms in total. The lowest BCUT2D eigenvalue weighted by molar-refractivity contribution is -0.114. The Morgan fingerprint density at radius 1 is 1.12 bits per heavy atom. The Labute approximate surface area is 186 Å². The second-order valence-electron chi connectivity index (χ2n) is 7.18. The Balaban J connectivity index is 1.90. The Bertz CT molecular complexity index is 1280. The average Bonchev–Trinajstić information content (AvgIpc) is 2.95. The third-order valence-corrected chi connectivity index (χ3v) is 6.06. The highest BCUT2D eigenvalue weighted by Gasteiger charge is 2.24. The molecule has 0 saturated heterocycles. The zero-order chi connectivity index (χ0) is 23.5. The standard InChI is InChI=1S/C22H26N4O5S/c1-5-31-19-13-9-12-18(14-19)25(32(4,29)30)15-20(27)23-21-16(2)24(3)26(22(21)28)17-10-7-6-8-11-17/h6-14H,5,15H2,1-4H3,(H,23,27). The maximum atomic E-state index is 13.0. The van der Waals surface area contributed by atoms with Crippen LogP contribution in [0.1, 0.15) is 12.6 Å². The maximum Gasteiger partial charge on any atom is 0.295 e. The third-order valence-electron chi connectivity index (χ3n) is 4.92. The second-order valence-corrected chi connectivity index (χ2v) is 9.09. The number of amides is 1. The molecule has 0 aliphatic rings. The van der Waals surface area contributed by atoms with Gasteiger partial charge in [-0.05, 0) is 38.1 Å². The molecule has 2 aromatic carbocycles. The molecule has 3 aromatic rings. The highest BCUT2D eigenvalue weighted by atomic mass is 32.2. The number of anilines is 2. The van der Waals surface area contributed by atoms with E-state index in [1.54, 1.807) is 55.1 Å². The van der Waals surface area contributed by atoms with Gasteiger partial charge in [0.25, 0.3) is 5.56 Å². The average molecular weight is 459 g/mol. The zero-order valence-electron chi connectivity index (χ0n) is 18.4. The summed E-state index contributed by atoms with van der Waals surface area (Å²) in [6.45, 7) is 3.45. The number of sulfonamides is 1. The molecule has 1 amide bonds. The van der Waals surface area contributed by atoms with E-state index in [0.717, 1.165) is 10.6 Å². The van der Waals surface area contributed by atoms with Gasteiger partial charge in [0.05, 0.1) is 29.9 Å². The van der Waals surface area contributed by atoms with Crippen molar-refractivity contribution in [2.24, 2.45) is 7.05 Å². The largest absolute Gasteiger partial charge is 0.494 e. The summed E-state index contributed by atoms with van der Waals surface area (Å²) in [6.07, 6.45) is 1.02. The van der Waals surface area contributed by atoms with Crippen LogP contribution in [0.5, 0.6) is 5.75 Å². The van der Waals surface area contributed by atoms with Gasteiger partial charge in [-0.2, -0.15) is 0 Å². The Morgan fingerprint density at radius 2 is 1.81 bits per heavy atom. The van der Waals surface area contributed by atoms with Crippen LogP contribution in [0.15, 0.2) is 59.4 Å². The fourth-order valence-electron chi connectivity index (χ4n) is 3.32. The second kappa shape index (κ2) is 9.31. The number of aromatic nitrogens is 2. The van der Waals surface area contributed by atoms with Gasteiger partial charge in [0.1, 0.15) is 18.0 Å². The number of rotatable bonds is 8. The summed E-state index contributed by atoms with van der Waals surface area (Å²) in [6, 6.07) is 15.5. The molecule has 170 valence electrons. The summed E-state index contributed by atoms with van der Waals surface area (Å²) in [7, 11) is -2.07. The van der Waals surface area contributed by atoms with Crippen LogP contribution in [-0.2, 0) is 21.9 Å². The van der Waals surface area contributed by atoms with Crippen LogP contribution >= 0.6 is 0 Å². The SMILES string of the molecule is CCOc1cccc(N(CC(=O)Nc2c(C)n(C)n(-c3ccccc3)c2=O)S(C)(=O)=O)c1. The molecule has 0 spiro atoms. The number of nitrogens with one attached hydrogen (secondary N) is 1. The van der Waals surface area contributed by atoms with E-state index in [4.69, 9.17) is 4.74 Å². The summed E-state index contributed by atoms with van der Waals surface area (Å²) in [5.74, 6) is -0.146. The summed E-state index contributed by atoms with van der Waals surface area (Å²) >= 11 is 0.